The Morgan fingerprint density at radius 1 is 0.738 bits per heavy atom. The summed E-state index contributed by atoms with van der Waals surface area (Å²) >= 11 is 6.45. The van der Waals surface area contributed by atoms with E-state index in [0.29, 0.717) is 45.6 Å². The number of imide groups is 2. The predicted molar refractivity (Wildman–Crippen MR) is 233 cm³/mol. The lowest BCUT2D eigenvalue weighted by atomic mass is 9.49. The third-order valence-corrected chi connectivity index (χ3v) is 13.0. The Bertz CT molecular complexity index is 2590. The summed E-state index contributed by atoms with van der Waals surface area (Å²) in [5, 5.41) is 9.78. The van der Waals surface area contributed by atoms with Gasteiger partial charge in [0.1, 0.15) is 23.9 Å². The van der Waals surface area contributed by atoms with Crippen molar-refractivity contribution in [2.24, 2.45) is 23.7 Å². The standard InChI is InChI=1S/C50H43ClN2O8/c1-59-38-21-24-43(60-2)32(27-38)14-11-30-12-17-35(18-13-30)52-46(55)40-23-22-39-41(44(40)48(52)57)29-42-47(56)53(36-10-6-9-34(51)28-36)49(58)50(42,33-7-4-3-5-8-33)45(39)31-15-19-37(20-16-31)61-26-25-54/h3-22,24,27-28,40-42,44-45,54H,23,25-26,29H2,1-2H3. The molecule has 2 aliphatic carbocycles. The summed E-state index contributed by atoms with van der Waals surface area (Å²) in [6, 6.07) is 36.3. The van der Waals surface area contributed by atoms with Gasteiger partial charge >= 0.3 is 0 Å². The fraction of sp³-hybridized carbons (Fsp3) is 0.240. The van der Waals surface area contributed by atoms with Crippen molar-refractivity contribution in [1.82, 2.24) is 0 Å². The van der Waals surface area contributed by atoms with Gasteiger partial charge in [-0.25, -0.2) is 4.90 Å². The summed E-state index contributed by atoms with van der Waals surface area (Å²) in [7, 11) is 3.21. The van der Waals surface area contributed by atoms with Gasteiger partial charge in [0.05, 0.1) is 55.4 Å². The first-order valence-electron chi connectivity index (χ1n) is 20.3. The highest BCUT2D eigenvalue weighted by Gasteiger charge is 2.70. The zero-order chi connectivity index (χ0) is 42.4. The molecule has 9 rings (SSSR count). The van der Waals surface area contributed by atoms with Crippen LogP contribution in [-0.4, -0.2) is 56.2 Å². The van der Waals surface area contributed by atoms with Crippen LogP contribution in [0.1, 0.15) is 41.0 Å². The van der Waals surface area contributed by atoms with Gasteiger partial charge in [0, 0.05) is 16.5 Å². The average Bonchev–Trinajstić information content (AvgIpc) is 3.68. The molecular formula is C50H43ClN2O8. The number of fused-ring (bicyclic) bond motifs is 4. The number of hydrogen-bond acceptors (Lipinski definition) is 8. The maximum absolute atomic E-state index is 15.5. The number of nitrogens with zero attached hydrogens (tertiary/aromatic N) is 2. The molecule has 4 aliphatic rings. The number of ether oxygens (including phenoxy) is 3. The van der Waals surface area contributed by atoms with Gasteiger partial charge in [0.15, 0.2) is 0 Å². The molecule has 10 nitrogen and oxygen atoms in total. The van der Waals surface area contributed by atoms with Crippen LogP contribution in [0.3, 0.4) is 0 Å². The van der Waals surface area contributed by atoms with Crippen molar-refractivity contribution in [2.75, 3.05) is 37.2 Å². The lowest BCUT2D eigenvalue weighted by molar-refractivity contribution is -0.127. The number of carbonyl (C=O) groups excluding carboxylic acids is 4. The Hall–Kier alpha value is -6.49. The minimum absolute atomic E-state index is 0.112. The van der Waals surface area contributed by atoms with Crippen molar-refractivity contribution in [2.45, 2.75) is 24.2 Å². The van der Waals surface area contributed by atoms with Crippen molar-refractivity contribution in [3.05, 3.63) is 160 Å². The van der Waals surface area contributed by atoms with Crippen molar-refractivity contribution < 1.29 is 38.5 Å². The molecule has 0 bridgehead atoms. The molecule has 2 aliphatic heterocycles. The lowest BCUT2D eigenvalue weighted by Crippen LogP contribution is -2.53. The van der Waals surface area contributed by atoms with E-state index in [9.17, 15) is 14.7 Å². The number of allylic oxidation sites excluding steroid dienone is 2. The summed E-state index contributed by atoms with van der Waals surface area (Å²) in [4.78, 5) is 62.3. The van der Waals surface area contributed by atoms with E-state index in [-0.39, 0.29) is 43.3 Å². The highest BCUT2D eigenvalue weighted by molar-refractivity contribution is 6.32. The molecule has 6 unspecified atom stereocenters. The van der Waals surface area contributed by atoms with E-state index in [2.05, 4.69) is 0 Å². The maximum atomic E-state index is 15.5. The van der Waals surface area contributed by atoms with E-state index in [1.54, 1.807) is 62.8 Å². The molecule has 308 valence electrons. The van der Waals surface area contributed by atoms with Gasteiger partial charge in [0.25, 0.3) is 0 Å². The maximum Gasteiger partial charge on any atom is 0.246 e. The molecule has 5 aromatic carbocycles. The number of aliphatic hydroxyl groups is 1. The van der Waals surface area contributed by atoms with Gasteiger partial charge in [-0.3, -0.25) is 24.1 Å². The highest BCUT2D eigenvalue weighted by Crippen LogP contribution is 2.64. The second-order valence-electron chi connectivity index (χ2n) is 15.8. The van der Waals surface area contributed by atoms with E-state index in [1.165, 1.54) is 9.80 Å². The van der Waals surface area contributed by atoms with Crippen LogP contribution in [0.5, 0.6) is 17.2 Å². The quantitative estimate of drug-likeness (QED) is 0.0802. The summed E-state index contributed by atoms with van der Waals surface area (Å²) in [6.45, 7) is -0.0393. The van der Waals surface area contributed by atoms with Crippen LogP contribution < -0.4 is 24.0 Å². The van der Waals surface area contributed by atoms with Crippen LogP contribution in [0.15, 0.2) is 133 Å². The molecule has 0 aromatic heterocycles. The second kappa shape index (κ2) is 16.2. The molecule has 1 N–H and O–H groups in total. The zero-order valence-corrected chi connectivity index (χ0v) is 34.3. The Labute approximate surface area is 358 Å². The first-order chi connectivity index (χ1) is 29.7. The van der Waals surface area contributed by atoms with Gasteiger partial charge in [-0.05, 0) is 96.1 Å². The zero-order valence-electron chi connectivity index (χ0n) is 33.6. The largest absolute Gasteiger partial charge is 0.497 e. The molecule has 2 heterocycles. The van der Waals surface area contributed by atoms with Gasteiger partial charge in [0.2, 0.25) is 23.6 Å². The summed E-state index contributed by atoms with van der Waals surface area (Å²) in [5.74, 6) is -2.93. The Morgan fingerprint density at radius 3 is 2.20 bits per heavy atom. The number of rotatable bonds is 11. The molecule has 0 spiro atoms. The third kappa shape index (κ3) is 6.61. The lowest BCUT2D eigenvalue weighted by Gasteiger charge is -2.50. The van der Waals surface area contributed by atoms with Crippen LogP contribution in [-0.2, 0) is 24.6 Å². The Balaban J connectivity index is 1.11. The van der Waals surface area contributed by atoms with E-state index in [0.717, 1.165) is 22.3 Å². The third-order valence-electron chi connectivity index (χ3n) is 12.8. The van der Waals surface area contributed by atoms with Gasteiger partial charge in [-0.1, -0.05) is 96.1 Å². The SMILES string of the molecule is COc1ccc(OC)c(C=Cc2ccc(N3C(=O)C4CC=C5C(CC6C(=O)N(c7cccc(Cl)c7)C(=O)C6(c6ccccc6)C5c5ccc(OCCO)cc5)C4C3=O)cc2)c1. The summed E-state index contributed by atoms with van der Waals surface area (Å²) in [5.41, 5.74) is 3.42. The molecule has 6 atom stereocenters. The minimum atomic E-state index is -1.40. The number of halogens is 1. The first-order valence-corrected chi connectivity index (χ1v) is 20.7. The highest BCUT2D eigenvalue weighted by atomic mass is 35.5. The summed E-state index contributed by atoms with van der Waals surface area (Å²) < 4.78 is 16.6. The number of hydrogen-bond donors (Lipinski definition) is 1. The van der Waals surface area contributed by atoms with Gasteiger partial charge in [-0.2, -0.15) is 0 Å². The number of anilines is 2. The molecule has 61 heavy (non-hydrogen) atoms. The molecule has 1 saturated carbocycles. The molecule has 5 aromatic rings. The van der Waals surface area contributed by atoms with Crippen LogP contribution in [0.2, 0.25) is 5.02 Å². The topological polar surface area (TPSA) is 123 Å². The van der Waals surface area contributed by atoms with E-state index in [4.69, 9.17) is 25.8 Å². The second-order valence-corrected chi connectivity index (χ2v) is 16.2. The van der Waals surface area contributed by atoms with Crippen LogP contribution in [0.25, 0.3) is 12.2 Å². The van der Waals surface area contributed by atoms with E-state index < -0.39 is 35.0 Å². The van der Waals surface area contributed by atoms with Crippen LogP contribution in [0.4, 0.5) is 11.4 Å². The van der Waals surface area contributed by atoms with Crippen molar-refractivity contribution in [3.63, 3.8) is 0 Å². The first kappa shape index (κ1) is 39.9. The van der Waals surface area contributed by atoms with Crippen LogP contribution in [0, 0.1) is 23.7 Å². The minimum Gasteiger partial charge on any atom is -0.497 e. The number of aliphatic hydroxyl groups excluding tert-OH is 1. The summed E-state index contributed by atoms with van der Waals surface area (Å²) in [6.07, 6.45) is 6.36. The van der Waals surface area contributed by atoms with E-state index >= 15 is 9.59 Å². The predicted octanol–water partition coefficient (Wildman–Crippen LogP) is 8.27. The van der Waals surface area contributed by atoms with Crippen molar-refractivity contribution >= 4 is 58.8 Å². The molecule has 0 radical (unpaired) electrons. The average molecular weight is 835 g/mol. The monoisotopic (exact) mass is 834 g/mol. The fourth-order valence-electron chi connectivity index (χ4n) is 10.2. The normalized spacial score (nSPS) is 24.4. The van der Waals surface area contributed by atoms with Gasteiger partial charge in [-0.15, -0.1) is 0 Å². The van der Waals surface area contributed by atoms with E-state index in [1.807, 2.05) is 91.0 Å². The molecule has 4 amide bonds. The Kier molecular flexibility index (Phi) is 10.6. The van der Waals surface area contributed by atoms with Crippen LogP contribution >= 0.6 is 11.6 Å². The fourth-order valence-corrected chi connectivity index (χ4v) is 10.4. The molecule has 11 heteroatoms. The number of amides is 4. The van der Waals surface area contributed by atoms with Crippen molar-refractivity contribution in [3.8, 4) is 17.2 Å². The molecule has 2 saturated heterocycles. The molecular weight excluding hydrogens is 792 g/mol. The molecule has 3 fully saturated rings. The van der Waals surface area contributed by atoms with Crippen molar-refractivity contribution in [1.29, 1.82) is 0 Å². The Morgan fingerprint density at radius 2 is 1.49 bits per heavy atom. The van der Waals surface area contributed by atoms with Gasteiger partial charge < -0.3 is 19.3 Å². The number of carbonyl (C=O) groups is 4. The smallest absolute Gasteiger partial charge is 0.246 e. The number of benzene rings is 5. The number of methoxy groups -OCH3 is 2.